The van der Waals surface area contributed by atoms with E-state index < -0.39 is 5.97 Å². The highest BCUT2D eigenvalue weighted by Gasteiger charge is 2.17. The van der Waals surface area contributed by atoms with Crippen molar-refractivity contribution < 1.29 is 9.90 Å². The minimum absolute atomic E-state index is 0.126. The van der Waals surface area contributed by atoms with Gasteiger partial charge in [0.05, 0.1) is 18.1 Å². The molecule has 0 saturated heterocycles. The molecule has 0 aromatic carbocycles. The molecular weight excluding hydrogens is 208 g/mol. The number of hydrogen-bond donors (Lipinski definition) is 1. The van der Waals surface area contributed by atoms with E-state index in [4.69, 9.17) is 5.11 Å². The van der Waals surface area contributed by atoms with Gasteiger partial charge in [-0.15, -0.1) is 0 Å². The molecule has 0 spiro atoms. The van der Waals surface area contributed by atoms with Crippen LogP contribution in [-0.2, 0) is 7.05 Å². The van der Waals surface area contributed by atoms with Crippen LogP contribution >= 0.6 is 0 Å². The SMILES string of the molecule is Cc1cnc(-c2c(C(=O)O)cnn2C)cn1. The molecule has 6 nitrogen and oxygen atoms in total. The first-order valence-electron chi connectivity index (χ1n) is 4.64. The van der Waals surface area contributed by atoms with Gasteiger partial charge in [0, 0.05) is 13.2 Å². The summed E-state index contributed by atoms with van der Waals surface area (Å²) in [5.74, 6) is -1.02. The Morgan fingerprint density at radius 1 is 1.31 bits per heavy atom. The maximum atomic E-state index is 11.0. The lowest BCUT2D eigenvalue weighted by molar-refractivity contribution is 0.0697. The van der Waals surface area contributed by atoms with E-state index in [9.17, 15) is 4.79 Å². The van der Waals surface area contributed by atoms with E-state index >= 15 is 0 Å². The summed E-state index contributed by atoms with van der Waals surface area (Å²) in [7, 11) is 1.67. The summed E-state index contributed by atoms with van der Waals surface area (Å²) in [6.45, 7) is 1.82. The van der Waals surface area contributed by atoms with Crippen molar-refractivity contribution in [3.8, 4) is 11.4 Å². The molecule has 16 heavy (non-hydrogen) atoms. The zero-order valence-corrected chi connectivity index (χ0v) is 8.88. The predicted molar refractivity (Wildman–Crippen MR) is 55.9 cm³/mol. The minimum atomic E-state index is -1.02. The number of aryl methyl sites for hydroxylation is 2. The van der Waals surface area contributed by atoms with E-state index in [0.29, 0.717) is 11.4 Å². The van der Waals surface area contributed by atoms with Crippen molar-refractivity contribution >= 4 is 5.97 Å². The summed E-state index contributed by atoms with van der Waals surface area (Å²) >= 11 is 0. The van der Waals surface area contributed by atoms with Crippen LogP contribution in [0.2, 0.25) is 0 Å². The molecule has 0 amide bonds. The fraction of sp³-hybridized carbons (Fsp3) is 0.200. The number of aromatic nitrogens is 4. The van der Waals surface area contributed by atoms with Crippen LogP contribution in [0.1, 0.15) is 16.1 Å². The second kappa shape index (κ2) is 3.73. The minimum Gasteiger partial charge on any atom is -0.478 e. The van der Waals surface area contributed by atoms with E-state index in [-0.39, 0.29) is 5.56 Å². The Balaban J connectivity index is 2.58. The highest BCUT2D eigenvalue weighted by atomic mass is 16.4. The topological polar surface area (TPSA) is 80.9 Å². The van der Waals surface area contributed by atoms with Crippen LogP contribution in [0.25, 0.3) is 11.4 Å². The van der Waals surface area contributed by atoms with E-state index in [1.807, 2.05) is 6.92 Å². The van der Waals surface area contributed by atoms with Crippen molar-refractivity contribution in [1.82, 2.24) is 19.7 Å². The number of aromatic carboxylic acids is 1. The van der Waals surface area contributed by atoms with Gasteiger partial charge >= 0.3 is 5.97 Å². The van der Waals surface area contributed by atoms with Gasteiger partial charge in [-0.05, 0) is 6.92 Å². The maximum absolute atomic E-state index is 11.0. The van der Waals surface area contributed by atoms with Crippen molar-refractivity contribution in [2.75, 3.05) is 0 Å². The number of nitrogens with zero attached hydrogens (tertiary/aromatic N) is 4. The molecule has 2 rings (SSSR count). The number of carboxylic acid groups (broad SMARTS) is 1. The van der Waals surface area contributed by atoms with Crippen LogP contribution in [0.15, 0.2) is 18.6 Å². The summed E-state index contributed by atoms with van der Waals surface area (Å²) in [4.78, 5) is 19.2. The van der Waals surface area contributed by atoms with Crippen molar-refractivity contribution in [3.63, 3.8) is 0 Å². The van der Waals surface area contributed by atoms with E-state index in [1.165, 1.54) is 10.9 Å². The summed E-state index contributed by atoms with van der Waals surface area (Å²) in [6, 6.07) is 0. The van der Waals surface area contributed by atoms with Gasteiger partial charge in [0.25, 0.3) is 0 Å². The first-order valence-corrected chi connectivity index (χ1v) is 4.64. The molecule has 0 saturated carbocycles. The molecule has 0 aliphatic heterocycles. The molecule has 0 radical (unpaired) electrons. The molecule has 0 aliphatic carbocycles. The van der Waals surface area contributed by atoms with Crippen molar-refractivity contribution in [3.05, 3.63) is 29.8 Å². The second-order valence-corrected chi connectivity index (χ2v) is 3.38. The Morgan fingerprint density at radius 3 is 2.62 bits per heavy atom. The van der Waals surface area contributed by atoms with Crippen LogP contribution in [0.5, 0.6) is 0 Å². The molecule has 0 unspecified atom stereocenters. The third kappa shape index (κ3) is 1.65. The summed E-state index contributed by atoms with van der Waals surface area (Å²) in [5, 5.41) is 12.9. The Morgan fingerprint density at radius 2 is 2.06 bits per heavy atom. The highest BCUT2D eigenvalue weighted by molar-refractivity contribution is 5.94. The Hall–Kier alpha value is -2.24. The normalized spacial score (nSPS) is 10.4. The van der Waals surface area contributed by atoms with Crippen LogP contribution < -0.4 is 0 Å². The van der Waals surface area contributed by atoms with Gasteiger partial charge < -0.3 is 5.11 Å². The maximum Gasteiger partial charge on any atom is 0.339 e. The average molecular weight is 218 g/mol. The Bertz CT molecular complexity index is 530. The quantitative estimate of drug-likeness (QED) is 0.809. The Kier molecular flexibility index (Phi) is 2.40. The van der Waals surface area contributed by atoms with Crippen LogP contribution in [0.4, 0.5) is 0 Å². The summed E-state index contributed by atoms with van der Waals surface area (Å²) in [6.07, 6.45) is 4.44. The second-order valence-electron chi connectivity index (χ2n) is 3.38. The molecule has 2 aromatic rings. The van der Waals surface area contributed by atoms with Crippen molar-refractivity contribution in [1.29, 1.82) is 0 Å². The van der Waals surface area contributed by atoms with Crippen LogP contribution in [-0.4, -0.2) is 30.8 Å². The Labute approximate surface area is 91.6 Å². The monoisotopic (exact) mass is 218 g/mol. The fourth-order valence-corrected chi connectivity index (χ4v) is 1.41. The fourth-order valence-electron chi connectivity index (χ4n) is 1.41. The van der Waals surface area contributed by atoms with Gasteiger partial charge in [0.1, 0.15) is 17.0 Å². The van der Waals surface area contributed by atoms with Gasteiger partial charge in [-0.2, -0.15) is 5.10 Å². The lowest BCUT2D eigenvalue weighted by atomic mass is 10.2. The van der Waals surface area contributed by atoms with Crippen molar-refractivity contribution in [2.45, 2.75) is 6.92 Å². The lowest BCUT2D eigenvalue weighted by Gasteiger charge is -2.02. The zero-order chi connectivity index (χ0) is 11.7. The molecule has 82 valence electrons. The van der Waals surface area contributed by atoms with Gasteiger partial charge in [-0.1, -0.05) is 0 Å². The van der Waals surface area contributed by atoms with E-state index in [1.54, 1.807) is 19.4 Å². The average Bonchev–Trinajstić information content (AvgIpc) is 2.62. The molecule has 0 fully saturated rings. The van der Waals surface area contributed by atoms with Gasteiger partial charge in [0.15, 0.2) is 0 Å². The third-order valence-corrected chi connectivity index (χ3v) is 2.19. The molecular formula is C10H10N4O2. The number of carbonyl (C=O) groups is 1. The molecule has 1 N–H and O–H groups in total. The highest BCUT2D eigenvalue weighted by Crippen LogP contribution is 2.20. The standard InChI is InChI=1S/C10H10N4O2/c1-6-3-12-8(5-11-6)9-7(10(15)16)4-13-14(9)2/h3-5H,1-2H3,(H,15,16). The van der Waals surface area contributed by atoms with Crippen molar-refractivity contribution in [2.24, 2.45) is 7.05 Å². The first-order chi connectivity index (χ1) is 7.59. The molecule has 2 aromatic heterocycles. The number of rotatable bonds is 2. The molecule has 6 heteroatoms. The van der Waals surface area contributed by atoms with E-state index in [0.717, 1.165) is 5.69 Å². The van der Waals surface area contributed by atoms with Gasteiger partial charge in [-0.25, -0.2) is 4.79 Å². The lowest BCUT2D eigenvalue weighted by Crippen LogP contribution is -2.02. The molecule has 0 aliphatic rings. The van der Waals surface area contributed by atoms with Crippen LogP contribution in [0, 0.1) is 6.92 Å². The summed E-state index contributed by atoms with van der Waals surface area (Å²) < 4.78 is 1.48. The largest absolute Gasteiger partial charge is 0.478 e. The number of hydrogen-bond acceptors (Lipinski definition) is 4. The molecule has 0 bridgehead atoms. The van der Waals surface area contributed by atoms with Crippen LogP contribution in [0.3, 0.4) is 0 Å². The zero-order valence-electron chi connectivity index (χ0n) is 8.88. The summed E-state index contributed by atoms with van der Waals surface area (Å²) in [5.41, 5.74) is 1.87. The van der Waals surface area contributed by atoms with Gasteiger partial charge in [-0.3, -0.25) is 14.6 Å². The molecule has 2 heterocycles. The first kappa shape index (κ1) is 10.3. The predicted octanol–water partition coefficient (Wildman–Crippen LogP) is 0.884. The van der Waals surface area contributed by atoms with Gasteiger partial charge in [0.2, 0.25) is 0 Å². The number of carboxylic acids is 1. The molecule has 0 atom stereocenters. The van der Waals surface area contributed by atoms with E-state index in [2.05, 4.69) is 15.1 Å². The smallest absolute Gasteiger partial charge is 0.339 e. The third-order valence-electron chi connectivity index (χ3n) is 2.19.